The number of hydrogen-bond donors (Lipinski definition) is 2. The highest BCUT2D eigenvalue weighted by atomic mass is 35.5. The average molecular weight is 339 g/mol. The van der Waals surface area contributed by atoms with Crippen molar-refractivity contribution in [3.63, 3.8) is 0 Å². The maximum Gasteiger partial charge on any atom is 0.319 e. The summed E-state index contributed by atoms with van der Waals surface area (Å²) >= 11 is 5.66. The van der Waals surface area contributed by atoms with Crippen molar-refractivity contribution in [2.45, 2.75) is 6.54 Å². The van der Waals surface area contributed by atoms with Crippen LogP contribution in [0.1, 0.15) is 5.56 Å². The Morgan fingerprint density at radius 1 is 1.17 bits per heavy atom. The Balaban J connectivity index is 2.00. The molecule has 0 bridgehead atoms. The van der Waals surface area contributed by atoms with Crippen LogP contribution in [0.5, 0.6) is 11.5 Å². The fraction of sp³-hybridized carbons (Fsp3) is 0.188. The third-order valence-electron chi connectivity index (χ3n) is 3.06. The summed E-state index contributed by atoms with van der Waals surface area (Å²) < 4.78 is 24.0. The Morgan fingerprint density at radius 3 is 2.43 bits per heavy atom. The second-order valence-corrected chi connectivity index (χ2v) is 5.04. The number of ether oxygens (including phenoxy) is 2. The normalized spacial score (nSPS) is 10.1. The zero-order chi connectivity index (χ0) is 16.8. The molecule has 7 heteroatoms. The van der Waals surface area contributed by atoms with Gasteiger partial charge in [-0.05, 0) is 29.8 Å². The summed E-state index contributed by atoms with van der Waals surface area (Å²) in [5.74, 6) is 0.553. The smallest absolute Gasteiger partial charge is 0.319 e. The Bertz CT molecular complexity index is 687. The van der Waals surface area contributed by atoms with Crippen LogP contribution in [0.3, 0.4) is 0 Å². The van der Waals surface area contributed by atoms with Crippen LogP contribution in [0.15, 0.2) is 36.4 Å². The highest BCUT2D eigenvalue weighted by Crippen LogP contribution is 2.23. The maximum atomic E-state index is 13.7. The van der Waals surface area contributed by atoms with E-state index >= 15 is 0 Å². The van der Waals surface area contributed by atoms with E-state index in [1.165, 1.54) is 12.1 Å². The molecule has 0 fully saturated rings. The summed E-state index contributed by atoms with van der Waals surface area (Å²) in [4.78, 5) is 11.9. The quantitative estimate of drug-likeness (QED) is 0.871. The lowest BCUT2D eigenvalue weighted by Crippen LogP contribution is -2.28. The summed E-state index contributed by atoms with van der Waals surface area (Å²) in [6, 6.07) is 9.09. The standard InChI is InChI=1S/C16H16ClFN2O3/c1-22-11-6-10(7-12(8-11)23-2)9-19-16(21)20-14-5-3-4-13(17)15(14)18/h3-8H,9H2,1-2H3,(H2,19,20,21). The molecule has 23 heavy (non-hydrogen) atoms. The SMILES string of the molecule is COc1cc(CNC(=O)Nc2cccc(Cl)c2F)cc(OC)c1. The molecule has 0 aliphatic heterocycles. The number of amides is 2. The number of anilines is 1. The van der Waals surface area contributed by atoms with Gasteiger partial charge in [-0.15, -0.1) is 0 Å². The molecule has 2 aromatic carbocycles. The van der Waals surface area contributed by atoms with Crippen molar-refractivity contribution in [2.75, 3.05) is 19.5 Å². The minimum atomic E-state index is -0.674. The molecule has 2 N–H and O–H groups in total. The zero-order valence-corrected chi connectivity index (χ0v) is 13.4. The van der Waals surface area contributed by atoms with Crippen LogP contribution in [0.4, 0.5) is 14.9 Å². The van der Waals surface area contributed by atoms with Gasteiger partial charge in [0, 0.05) is 12.6 Å². The largest absolute Gasteiger partial charge is 0.497 e. The average Bonchev–Trinajstić information content (AvgIpc) is 2.56. The van der Waals surface area contributed by atoms with Crippen molar-refractivity contribution in [3.8, 4) is 11.5 Å². The monoisotopic (exact) mass is 338 g/mol. The van der Waals surface area contributed by atoms with E-state index in [9.17, 15) is 9.18 Å². The number of rotatable bonds is 5. The first-order chi connectivity index (χ1) is 11.0. The minimum Gasteiger partial charge on any atom is -0.497 e. The molecular weight excluding hydrogens is 323 g/mol. The molecular formula is C16H16ClFN2O3. The second kappa shape index (κ2) is 7.69. The molecule has 0 aliphatic carbocycles. The van der Waals surface area contributed by atoms with E-state index in [-0.39, 0.29) is 17.3 Å². The predicted molar refractivity (Wildman–Crippen MR) is 86.8 cm³/mol. The molecule has 0 spiro atoms. The lowest BCUT2D eigenvalue weighted by atomic mass is 10.2. The third-order valence-corrected chi connectivity index (χ3v) is 3.36. The summed E-state index contributed by atoms with van der Waals surface area (Å²) in [5, 5.41) is 4.98. The molecule has 0 aliphatic rings. The van der Waals surface area contributed by atoms with Crippen LogP contribution < -0.4 is 20.1 Å². The van der Waals surface area contributed by atoms with Gasteiger partial charge in [0.2, 0.25) is 0 Å². The molecule has 0 aromatic heterocycles. The van der Waals surface area contributed by atoms with E-state index < -0.39 is 11.8 Å². The van der Waals surface area contributed by atoms with Gasteiger partial charge in [-0.3, -0.25) is 0 Å². The Labute approximate surface area is 138 Å². The van der Waals surface area contributed by atoms with Crippen molar-refractivity contribution < 1.29 is 18.7 Å². The molecule has 0 atom stereocenters. The number of halogens is 2. The molecule has 2 rings (SSSR count). The fourth-order valence-electron chi connectivity index (χ4n) is 1.92. The van der Waals surface area contributed by atoms with Gasteiger partial charge in [-0.25, -0.2) is 9.18 Å². The molecule has 0 saturated carbocycles. The Kier molecular flexibility index (Phi) is 5.65. The van der Waals surface area contributed by atoms with Crippen LogP contribution >= 0.6 is 11.6 Å². The molecule has 5 nitrogen and oxygen atoms in total. The third kappa shape index (κ3) is 4.50. The molecule has 122 valence electrons. The van der Waals surface area contributed by atoms with E-state index in [4.69, 9.17) is 21.1 Å². The molecule has 0 unspecified atom stereocenters. The summed E-state index contributed by atoms with van der Waals surface area (Å²) in [6.45, 7) is 0.224. The highest BCUT2D eigenvalue weighted by Gasteiger charge is 2.10. The summed E-state index contributed by atoms with van der Waals surface area (Å²) in [7, 11) is 3.08. The first-order valence-electron chi connectivity index (χ1n) is 6.74. The first-order valence-corrected chi connectivity index (χ1v) is 7.12. The molecule has 0 radical (unpaired) electrons. The van der Waals surface area contributed by atoms with Gasteiger partial charge in [-0.1, -0.05) is 17.7 Å². The van der Waals surface area contributed by atoms with Crippen LogP contribution in [-0.2, 0) is 6.54 Å². The number of carbonyl (C=O) groups excluding carboxylic acids is 1. The number of nitrogens with one attached hydrogen (secondary N) is 2. The number of carbonyl (C=O) groups is 1. The number of urea groups is 1. The van der Waals surface area contributed by atoms with Crippen molar-refractivity contribution in [2.24, 2.45) is 0 Å². The van der Waals surface area contributed by atoms with Gasteiger partial charge in [0.1, 0.15) is 11.5 Å². The topological polar surface area (TPSA) is 59.6 Å². The lowest BCUT2D eigenvalue weighted by Gasteiger charge is -2.11. The lowest BCUT2D eigenvalue weighted by molar-refractivity contribution is 0.251. The molecule has 0 heterocycles. The molecule has 2 amide bonds. The van der Waals surface area contributed by atoms with Gasteiger partial charge in [-0.2, -0.15) is 0 Å². The van der Waals surface area contributed by atoms with Crippen molar-refractivity contribution >= 4 is 23.3 Å². The van der Waals surface area contributed by atoms with Gasteiger partial charge in [0.05, 0.1) is 24.9 Å². The van der Waals surface area contributed by atoms with Crippen molar-refractivity contribution in [3.05, 3.63) is 52.8 Å². The summed E-state index contributed by atoms with van der Waals surface area (Å²) in [6.07, 6.45) is 0. The van der Waals surface area contributed by atoms with Gasteiger partial charge >= 0.3 is 6.03 Å². The predicted octanol–water partition coefficient (Wildman–Crippen LogP) is 3.82. The van der Waals surface area contributed by atoms with Crippen molar-refractivity contribution in [1.29, 1.82) is 0 Å². The van der Waals surface area contributed by atoms with Gasteiger partial charge in [0.25, 0.3) is 0 Å². The van der Waals surface area contributed by atoms with Crippen LogP contribution in [0.25, 0.3) is 0 Å². The van der Waals surface area contributed by atoms with Gasteiger partial charge in [0.15, 0.2) is 5.82 Å². The fourth-order valence-corrected chi connectivity index (χ4v) is 2.09. The molecule has 2 aromatic rings. The van der Waals surface area contributed by atoms with E-state index in [0.29, 0.717) is 11.5 Å². The highest BCUT2D eigenvalue weighted by molar-refractivity contribution is 6.31. The molecule has 0 saturated heterocycles. The second-order valence-electron chi connectivity index (χ2n) is 4.63. The van der Waals surface area contributed by atoms with E-state index in [0.717, 1.165) is 5.56 Å². The van der Waals surface area contributed by atoms with E-state index in [1.54, 1.807) is 38.5 Å². The zero-order valence-electron chi connectivity index (χ0n) is 12.7. The first kappa shape index (κ1) is 16.9. The van der Waals surface area contributed by atoms with Crippen molar-refractivity contribution in [1.82, 2.24) is 5.32 Å². The Morgan fingerprint density at radius 2 is 1.83 bits per heavy atom. The number of methoxy groups -OCH3 is 2. The Hall–Kier alpha value is -2.47. The van der Waals surface area contributed by atoms with Crippen LogP contribution in [0, 0.1) is 5.82 Å². The minimum absolute atomic E-state index is 0.0122. The number of benzene rings is 2. The maximum absolute atomic E-state index is 13.7. The van der Waals surface area contributed by atoms with E-state index in [1.807, 2.05) is 0 Å². The van der Waals surface area contributed by atoms with Gasteiger partial charge < -0.3 is 20.1 Å². The van der Waals surface area contributed by atoms with Crippen LogP contribution in [0.2, 0.25) is 5.02 Å². The van der Waals surface area contributed by atoms with Crippen LogP contribution in [-0.4, -0.2) is 20.3 Å². The van der Waals surface area contributed by atoms with E-state index in [2.05, 4.69) is 10.6 Å². The summed E-state index contributed by atoms with van der Waals surface area (Å²) in [5.41, 5.74) is 0.793. The number of hydrogen-bond acceptors (Lipinski definition) is 3.